The highest BCUT2D eigenvalue weighted by atomic mass is 15.1. The molecule has 0 atom stereocenters. The number of hydrogen-bond acceptors (Lipinski definition) is 3. The fraction of sp³-hybridized carbons (Fsp3) is 0.357. The van der Waals surface area contributed by atoms with E-state index in [4.69, 9.17) is 0 Å². The normalized spacial score (nSPS) is 15.0. The number of aromatic amines is 1. The van der Waals surface area contributed by atoms with Crippen molar-refractivity contribution in [3.63, 3.8) is 0 Å². The number of aromatic nitrogens is 2. The molecule has 1 fully saturated rings. The van der Waals surface area contributed by atoms with Crippen molar-refractivity contribution in [3.8, 4) is 0 Å². The van der Waals surface area contributed by atoms with Crippen molar-refractivity contribution in [2.75, 3.05) is 23.3 Å². The van der Waals surface area contributed by atoms with Crippen molar-refractivity contribution in [3.05, 3.63) is 42.2 Å². The van der Waals surface area contributed by atoms with Crippen molar-refractivity contribution in [2.45, 2.75) is 19.4 Å². The van der Waals surface area contributed by atoms with Crippen LogP contribution in [0.5, 0.6) is 0 Å². The van der Waals surface area contributed by atoms with E-state index in [1.807, 2.05) is 6.07 Å². The summed E-state index contributed by atoms with van der Waals surface area (Å²) in [7, 11) is 0. The fourth-order valence-corrected chi connectivity index (χ4v) is 2.37. The molecule has 0 spiro atoms. The minimum Gasteiger partial charge on any atom is -0.379 e. The minimum absolute atomic E-state index is 0.781. The summed E-state index contributed by atoms with van der Waals surface area (Å²) < 4.78 is 0. The zero-order valence-electron chi connectivity index (χ0n) is 10.4. The van der Waals surface area contributed by atoms with Gasteiger partial charge in [-0.05, 0) is 37.1 Å². The second-order valence-electron chi connectivity index (χ2n) is 4.68. The first-order chi connectivity index (χ1) is 8.92. The van der Waals surface area contributed by atoms with Crippen LogP contribution in [-0.4, -0.2) is 23.3 Å². The van der Waals surface area contributed by atoms with Gasteiger partial charge in [0.15, 0.2) is 0 Å². The third kappa shape index (κ3) is 2.47. The summed E-state index contributed by atoms with van der Waals surface area (Å²) in [6.45, 7) is 3.15. The van der Waals surface area contributed by atoms with Crippen LogP contribution < -0.4 is 10.2 Å². The van der Waals surface area contributed by atoms with Crippen LogP contribution in [0.2, 0.25) is 0 Å². The summed E-state index contributed by atoms with van der Waals surface area (Å²) in [6, 6.07) is 10.6. The lowest BCUT2D eigenvalue weighted by molar-refractivity contribution is 0.949. The van der Waals surface area contributed by atoms with Gasteiger partial charge in [0.2, 0.25) is 0 Å². The van der Waals surface area contributed by atoms with Crippen molar-refractivity contribution in [1.82, 2.24) is 10.2 Å². The molecule has 1 saturated heterocycles. The first kappa shape index (κ1) is 11.1. The summed E-state index contributed by atoms with van der Waals surface area (Å²) in [4.78, 5) is 2.45. The van der Waals surface area contributed by atoms with Crippen LogP contribution >= 0.6 is 0 Å². The average molecular weight is 242 g/mol. The fourth-order valence-electron chi connectivity index (χ4n) is 2.37. The van der Waals surface area contributed by atoms with Gasteiger partial charge in [-0.1, -0.05) is 6.07 Å². The van der Waals surface area contributed by atoms with Gasteiger partial charge in [0.05, 0.1) is 12.2 Å². The average Bonchev–Trinajstić information content (AvgIpc) is 3.10. The summed E-state index contributed by atoms with van der Waals surface area (Å²) >= 11 is 0. The molecule has 1 aromatic heterocycles. The van der Waals surface area contributed by atoms with Crippen LogP contribution in [0.1, 0.15) is 18.5 Å². The lowest BCUT2D eigenvalue weighted by atomic mass is 10.2. The van der Waals surface area contributed by atoms with Crippen LogP contribution in [0.3, 0.4) is 0 Å². The molecule has 18 heavy (non-hydrogen) atoms. The second-order valence-corrected chi connectivity index (χ2v) is 4.68. The van der Waals surface area contributed by atoms with Gasteiger partial charge in [-0.3, -0.25) is 5.10 Å². The monoisotopic (exact) mass is 242 g/mol. The van der Waals surface area contributed by atoms with E-state index in [1.165, 1.54) is 31.6 Å². The van der Waals surface area contributed by atoms with Crippen molar-refractivity contribution in [2.24, 2.45) is 0 Å². The van der Waals surface area contributed by atoms with Crippen LogP contribution in [-0.2, 0) is 6.54 Å². The Labute approximate surface area is 107 Å². The van der Waals surface area contributed by atoms with Gasteiger partial charge in [-0.15, -0.1) is 0 Å². The van der Waals surface area contributed by atoms with Crippen LogP contribution in [0.4, 0.5) is 11.4 Å². The number of hydrogen-bond donors (Lipinski definition) is 2. The number of benzene rings is 1. The van der Waals surface area contributed by atoms with Gasteiger partial charge in [0.1, 0.15) is 0 Å². The van der Waals surface area contributed by atoms with Crippen LogP contribution in [0, 0.1) is 0 Å². The van der Waals surface area contributed by atoms with E-state index in [9.17, 15) is 0 Å². The summed E-state index contributed by atoms with van der Waals surface area (Å²) in [6.07, 6.45) is 4.40. The van der Waals surface area contributed by atoms with E-state index in [0.717, 1.165) is 17.9 Å². The maximum atomic E-state index is 3.94. The maximum Gasteiger partial charge on any atom is 0.0567 e. The van der Waals surface area contributed by atoms with Crippen molar-refractivity contribution in [1.29, 1.82) is 0 Å². The molecule has 2 aromatic rings. The highest BCUT2D eigenvalue weighted by Gasteiger charge is 2.12. The Morgan fingerprint density at radius 2 is 2.11 bits per heavy atom. The molecule has 0 unspecified atom stereocenters. The van der Waals surface area contributed by atoms with Gasteiger partial charge < -0.3 is 10.2 Å². The smallest absolute Gasteiger partial charge is 0.0567 e. The van der Waals surface area contributed by atoms with E-state index in [2.05, 4.69) is 44.7 Å². The lowest BCUT2D eigenvalue weighted by Crippen LogP contribution is -2.17. The molecular weight excluding hydrogens is 224 g/mol. The molecule has 0 saturated carbocycles. The summed E-state index contributed by atoms with van der Waals surface area (Å²) in [5, 5.41) is 10.3. The molecule has 4 heteroatoms. The Bertz CT molecular complexity index is 486. The molecule has 94 valence electrons. The molecule has 0 aliphatic carbocycles. The van der Waals surface area contributed by atoms with E-state index < -0.39 is 0 Å². The Morgan fingerprint density at radius 3 is 2.89 bits per heavy atom. The highest BCUT2D eigenvalue weighted by molar-refractivity contribution is 5.58. The summed E-state index contributed by atoms with van der Waals surface area (Å²) in [5.41, 5.74) is 3.58. The van der Waals surface area contributed by atoms with Gasteiger partial charge >= 0.3 is 0 Å². The maximum absolute atomic E-state index is 3.94. The van der Waals surface area contributed by atoms with Gasteiger partial charge in [-0.25, -0.2) is 0 Å². The van der Waals surface area contributed by atoms with Crippen molar-refractivity contribution < 1.29 is 0 Å². The van der Waals surface area contributed by atoms with E-state index in [1.54, 1.807) is 6.20 Å². The zero-order valence-corrected chi connectivity index (χ0v) is 10.4. The molecule has 4 nitrogen and oxygen atoms in total. The number of anilines is 2. The summed E-state index contributed by atoms with van der Waals surface area (Å²) in [5.74, 6) is 0. The van der Waals surface area contributed by atoms with Gasteiger partial charge in [-0.2, -0.15) is 5.10 Å². The van der Waals surface area contributed by atoms with E-state index >= 15 is 0 Å². The third-order valence-electron chi connectivity index (χ3n) is 3.36. The predicted octanol–water partition coefficient (Wildman–Crippen LogP) is 2.62. The quantitative estimate of drug-likeness (QED) is 0.866. The molecule has 0 bridgehead atoms. The molecular formula is C14H18N4. The first-order valence-corrected chi connectivity index (χ1v) is 6.49. The standard InChI is InChI=1S/C14H18N4/c1-2-9-18(8-1)14-5-3-4-12(10-14)15-11-13-6-7-16-17-13/h3-7,10,15H,1-2,8-9,11H2,(H,16,17). The Balaban J connectivity index is 1.66. The molecule has 1 aliphatic rings. The Kier molecular flexibility index (Phi) is 3.17. The number of rotatable bonds is 4. The molecule has 2 N–H and O–H groups in total. The molecule has 1 aromatic carbocycles. The van der Waals surface area contributed by atoms with E-state index in [0.29, 0.717) is 0 Å². The van der Waals surface area contributed by atoms with Gasteiger partial charge in [0, 0.05) is 30.7 Å². The third-order valence-corrected chi connectivity index (χ3v) is 3.36. The largest absolute Gasteiger partial charge is 0.379 e. The van der Waals surface area contributed by atoms with Crippen LogP contribution in [0.15, 0.2) is 36.5 Å². The number of nitrogens with zero attached hydrogens (tertiary/aromatic N) is 2. The van der Waals surface area contributed by atoms with Crippen molar-refractivity contribution >= 4 is 11.4 Å². The van der Waals surface area contributed by atoms with E-state index in [-0.39, 0.29) is 0 Å². The second kappa shape index (κ2) is 5.12. The molecule has 3 rings (SSSR count). The first-order valence-electron chi connectivity index (χ1n) is 6.49. The van der Waals surface area contributed by atoms with Crippen LogP contribution in [0.25, 0.3) is 0 Å². The minimum atomic E-state index is 0.781. The lowest BCUT2D eigenvalue weighted by Gasteiger charge is -2.18. The Morgan fingerprint density at radius 1 is 1.22 bits per heavy atom. The molecule has 1 aliphatic heterocycles. The molecule has 2 heterocycles. The number of nitrogens with one attached hydrogen (secondary N) is 2. The zero-order chi connectivity index (χ0) is 12.2. The molecule has 0 amide bonds. The Hall–Kier alpha value is -1.97. The topological polar surface area (TPSA) is 44.0 Å². The predicted molar refractivity (Wildman–Crippen MR) is 73.8 cm³/mol. The highest BCUT2D eigenvalue weighted by Crippen LogP contribution is 2.23. The SMILES string of the molecule is c1cc(NCc2ccn[nH]2)cc(N2CCCC2)c1. The molecule has 0 radical (unpaired) electrons. The number of H-pyrrole nitrogens is 1. The van der Waals surface area contributed by atoms with Gasteiger partial charge in [0.25, 0.3) is 0 Å².